The van der Waals surface area contributed by atoms with Crippen LogP contribution in [-0.2, 0) is 13.6 Å². The first-order valence-corrected chi connectivity index (χ1v) is 9.71. The van der Waals surface area contributed by atoms with Crippen molar-refractivity contribution in [2.24, 2.45) is 7.05 Å². The average molecular weight is 365 g/mol. The van der Waals surface area contributed by atoms with Gasteiger partial charge in [0.05, 0.1) is 12.1 Å². The van der Waals surface area contributed by atoms with Gasteiger partial charge in [-0.1, -0.05) is 30.3 Å². The average Bonchev–Trinajstić information content (AvgIpc) is 3.40. The summed E-state index contributed by atoms with van der Waals surface area (Å²) >= 11 is 1.47. The Bertz CT molecular complexity index is 1140. The van der Waals surface area contributed by atoms with Gasteiger partial charge >= 0.3 is 0 Å². The molecule has 7 heteroatoms. The molecule has 0 unspecified atom stereocenters. The molecule has 5 rings (SSSR count). The molecule has 1 saturated heterocycles. The van der Waals surface area contributed by atoms with Crippen LogP contribution in [-0.4, -0.2) is 30.6 Å². The third-order valence-corrected chi connectivity index (χ3v) is 6.18. The van der Waals surface area contributed by atoms with E-state index in [-0.39, 0.29) is 5.56 Å². The number of hydrogen-bond acceptors (Lipinski definition) is 5. The molecule has 26 heavy (non-hydrogen) atoms. The summed E-state index contributed by atoms with van der Waals surface area (Å²) in [4.78, 5) is 14.9. The Morgan fingerprint density at radius 1 is 1.19 bits per heavy atom. The molecule has 6 nitrogen and oxygen atoms in total. The van der Waals surface area contributed by atoms with Gasteiger partial charge < -0.3 is 0 Å². The monoisotopic (exact) mass is 365 g/mol. The van der Waals surface area contributed by atoms with Crippen LogP contribution in [0.15, 0.2) is 46.6 Å². The number of aromatic nitrogens is 4. The van der Waals surface area contributed by atoms with Crippen molar-refractivity contribution in [3.63, 3.8) is 0 Å². The molecule has 0 saturated carbocycles. The van der Waals surface area contributed by atoms with E-state index in [1.165, 1.54) is 23.3 Å². The van der Waals surface area contributed by atoms with E-state index >= 15 is 0 Å². The van der Waals surface area contributed by atoms with Crippen molar-refractivity contribution in [2.45, 2.75) is 25.4 Å². The number of rotatable bonds is 3. The van der Waals surface area contributed by atoms with E-state index < -0.39 is 0 Å². The quantitative estimate of drug-likeness (QED) is 0.560. The number of benzene rings is 1. The van der Waals surface area contributed by atoms with Crippen LogP contribution in [0.4, 0.5) is 0 Å². The summed E-state index contributed by atoms with van der Waals surface area (Å²) in [5, 5.41) is 10.7. The van der Waals surface area contributed by atoms with Gasteiger partial charge in [0.15, 0.2) is 5.82 Å². The van der Waals surface area contributed by atoms with Crippen molar-refractivity contribution in [3.8, 4) is 0 Å². The fourth-order valence-corrected chi connectivity index (χ4v) is 4.86. The van der Waals surface area contributed by atoms with Gasteiger partial charge in [0, 0.05) is 13.1 Å². The van der Waals surface area contributed by atoms with E-state index in [1.54, 1.807) is 11.6 Å². The third kappa shape index (κ3) is 2.31. The van der Waals surface area contributed by atoms with E-state index in [1.807, 2.05) is 15.8 Å². The fraction of sp³-hybridized carbons (Fsp3) is 0.316. The Labute approximate surface area is 154 Å². The normalized spacial score (nSPS) is 18.3. The lowest BCUT2D eigenvalue weighted by molar-refractivity contribution is 0.241. The summed E-state index contributed by atoms with van der Waals surface area (Å²) in [6, 6.07) is 13.1. The minimum absolute atomic E-state index is 0.00946. The first kappa shape index (κ1) is 15.7. The van der Waals surface area contributed by atoms with Crippen LogP contribution >= 0.6 is 11.3 Å². The molecule has 0 aliphatic carbocycles. The second-order valence-corrected chi connectivity index (χ2v) is 7.71. The molecule has 0 bridgehead atoms. The first-order valence-electron chi connectivity index (χ1n) is 8.83. The summed E-state index contributed by atoms with van der Waals surface area (Å²) < 4.78 is 4.38. The smallest absolute Gasteiger partial charge is 0.272 e. The summed E-state index contributed by atoms with van der Waals surface area (Å²) in [5.41, 5.74) is 2.25. The highest BCUT2D eigenvalue weighted by Crippen LogP contribution is 2.33. The van der Waals surface area contributed by atoms with Gasteiger partial charge in [0.25, 0.3) is 5.56 Å². The van der Waals surface area contributed by atoms with Crippen molar-refractivity contribution in [1.29, 1.82) is 0 Å². The largest absolute Gasteiger partial charge is 0.289 e. The van der Waals surface area contributed by atoms with Crippen molar-refractivity contribution < 1.29 is 0 Å². The van der Waals surface area contributed by atoms with E-state index in [0.717, 1.165) is 35.6 Å². The second kappa shape index (κ2) is 6.03. The number of aryl methyl sites for hydroxylation is 1. The SMILES string of the molecule is Cn1c(=O)c2sccc2n2c(CN3CCC[C@@H]3c3ccccc3)nnc12. The van der Waals surface area contributed by atoms with Gasteiger partial charge in [-0.2, -0.15) is 0 Å². The molecule has 4 heterocycles. The highest BCUT2D eigenvalue weighted by Gasteiger charge is 2.27. The second-order valence-electron chi connectivity index (χ2n) is 6.79. The lowest BCUT2D eigenvalue weighted by Gasteiger charge is -2.24. The van der Waals surface area contributed by atoms with Gasteiger partial charge in [-0.15, -0.1) is 21.5 Å². The van der Waals surface area contributed by atoms with Crippen molar-refractivity contribution >= 4 is 27.3 Å². The molecule has 0 radical (unpaired) electrons. The summed E-state index contributed by atoms with van der Waals surface area (Å²) in [7, 11) is 1.76. The molecule has 132 valence electrons. The maximum absolute atomic E-state index is 12.5. The molecule has 1 aliphatic heterocycles. The van der Waals surface area contributed by atoms with Crippen molar-refractivity contribution in [3.05, 3.63) is 63.5 Å². The Morgan fingerprint density at radius 3 is 2.88 bits per heavy atom. The first-order chi connectivity index (χ1) is 12.7. The zero-order valence-electron chi connectivity index (χ0n) is 14.5. The predicted octanol–water partition coefficient (Wildman–Crippen LogP) is 2.98. The number of likely N-dealkylation sites (tertiary alicyclic amines) is 1. The maximum Gasteiger partial charge on any atom is 0.272 e. The summed E-state index contributed by atoms with van der Waals surface area (Å²) in [6.45, 7) is 1.77. The Hall–Kier alpha value is -2.51. The molecule has 1 aliphatic rings. The molecule has 0 N–H and O–H groups in total. The Morgan fingerprint density at radius 2 is 2.04 bits per heavy atom. The third-order valence-electron chi connectivity index (χ3n) is 5.29. The Balaban J connectivity index is 1.59. The number of fused-ring (bicyclic) bond motifs is 3. The molecule has 1 atom stereocenters. The summed E-state index contributed by atoms with van der Waals surface area (Å²) in [5.74, 6) is 1.49. The van der Waals surface area contributed by atoms with Crippen molar-refractivity contribution in [1.82, 2.24) is 24.1 Å². The van der Waals surface area contributed by atoms with E-state index in [0.29, 0.717) is 11.8 Å². The molecular formula is C19H19N5OS. The molecule has 0 amide bonds. The highest BCUT2D eigenvalue weighted by atomic mass is 32.1. The van der Waals surface area contributed by atoms with E-state index in [9.17, 15) is 4.79 Å². The van der Waals surface area contributed by atoms with Crippen LogP contribution < -0.4 is 5.56 Å². The molecule has 3 aromatic heterocycles. The van der Waals surface area contributed by atoms with Gasteiger partial charge in [0.1, 0.15) is 4.70 Å². The zero-order chi connectivity index (χ0) is 17.7. The standard InChI is InChI=1S/C19H19N5OS/c1-22-18(25)17-15(9-11-26-17)24-16(20-21-19(22)24)12-23-10-5-8-14(23)13-6-3-2-4-7-13/h2-4,6-7,9,11,14H,5,8,10,12H2,1H3/t14-/m1/s1. The van der Waals surface area contributed by atoms with Crippen LogP contribution in [0.5, 0.6) is 0 Å². The van der Waals surface area contributed by atoms with Gasteiger partial charge in [-0.3, -0.25) is 18.7 Å². The highest BCUT2D eigenvalue weighted by molar-refractivity contribution is 7.17. The van der Waals surface area contributed by atoms with Crippen LogP contribution in [0.25, 0.3) is 16.0 Å². The molecule has 1 fully saturated rings. The predicted molar refractivity (Wildman–Crippen MR) is 102 cm³/mol. The number of hydrogen-bond donors (Lipinski definition) is 0. The maximum atomic E-state index is 12.5. The van der Waals surface area contributed by atoms with Crippen molar-refractivity contribution in [2.75, 3.05) is 6.54 Å². The van der Waals surface area contributed by atoms with E-state index in [4.69, 9.17) is 0 Å². The summed E-state index contributed by atoms with van der Waals surface area (Å²) in [6.07, 6.45) is 2.34. The van der Waals surface area contributed by atoms with Gasteiger partial charge in [-0.05, 0) is 36.4 Å². The van der Waals surface area contributed by atoms with Crippen LogP contribution in [0.1, 0.15) is 30.3 Å². The lowest BCUT2D eigenvalue weighted by atomic mass is 10.0. The topological polar surface area (TPSA) is 55.4 Å². The molecular weight excluding hydrogens is 346 g/mol. The van der Waals surface area contributed by atoms with Gasteiger partial charge in [0.2, 0.25) is 5.78 Å². The zero-order valence-corrected chi connectivity index (χ0v) is 15.3. The number of thiophene rings is 1. The van der Waals surface area contributed by atoms with Crippen LogP contribution in [0, 0.1) is 0 Å². The molecule has 0 spiro atoms. The van der Waals surface area contributed by atoms with Crippen LogP contribution in [0.2, 0.25) is 0 Å². The van der Waals surface area contributed by atoms with E-state index in [2.05, 4.69) is 45.4 Å². The minimum atomic E-state index is -0.00946. The Kier molecular flexibility index (Phi) is 3.65. The lowest BCUT2D eigenvalue weighted by Crippen LogP contribution is -2.25. The molecule has 4 aromatic rings. The van der Waals surface area contributed by atoms with Gasteiger partial charge in [-0.25, -0.2) is 0 Å². The number of nitrogens with zero attached hydrogens (tertiary/aromatic N) is 5. The fourth-order valence-electron chi connectivity index (χ4n) is 4.00. The minimum Gasteiger partial charge on any atom is -0.289 e. The molecule has 1 aromatic carbocycles. The van der Waals surface area contributed by atoms with Crippen LogP contribution in [0.3, 0.4) is 0 Å².